The van der Waals surface area contributed by atoms with Crippen LogP contribution in [0.3, 0.4) is 0 Å². The maximum absolute atomic E-state index is 12.0. The summed E-state index contributed by atoms with van der Waals surface area (Å²) in [5, 5.41) is 16.2. The first-order valence-corrected chi connectivity index (χ1v) is 7.21. The van der Waals surface area contributed by atoms with E-state index in [1.807, 2.05) is 17.8 Å². The van der Waals surface area contributed by atoms with E-state index in [0.717, 1.165) is 19.3 Å². The van der Waals surface area contributed by atoms with Gasteiger partial charge in [0.05, 0.1) is 6.04 Å². The third-order valence-corrected chi connectivity index (χ3v) is 3.85. The van der Waals surface area contributed by atoms with Crippen molar-refractivity contribution in [3.05, 3.63) is 18.0 Å². The maximum atomic E-state index is 12.0. The highest BCUT2D eigenvalue weighted by molar-refractivity contribution is 5.92. The minimum atomic E-state index is -0.142. The first-order chi connectivity index (χ1) is 9.24. The number of amides is 1. The summed E-state index contributed by atoms with van der Waals surface area (Å²) in [5.41, 5.74) is 0.475. The minimum Gasteiger partial charge on any atom is -0.396 e. The molecule has 1 aliphatic rings. The molecule has 1 unspecified atom stereocenters. The molecule has 1 aliphatic carbocycles. The number of carbonyl (C=O) groups excluding carboxylic acids is 1. The van der Waals surface area contributed by atoms with E-state index in [1.165, 1.54) is 12.8 Å². The van der Waals surface area contributed by atoms with Gasteiger partial charge in [-0.05, 0) is 31.7 Å². The van der Waals surface area contributed by atoms with Crippen LogP contribution in [0.15, 0.2) is 12.3 Å². The largest absolute Gasteiger partial charge is 0.396 e. The minimum absolute atomic E-state index is 0.0223. The lowest BCUT2D eigenvalue weighted by atomic mass is 10.1. The van der Waals surface area contributed by atoms with Crippen molar-refractivity contribution in [2.75, 3.05) is 6.61 Å². The summed E-state index contributed by atoms with van der Waals surface area (Å²) in [7, 11) is 0. The van der Waals surface area contributed by atoms with Crippen LogP contribution in [0.4, 0.5) is 0 Å². The molecule has 5 nitrogen and oxygen atoms in total. The van der Waals surface area contributed by atoms with Crippen molar-refractivity contribution in [2.45, 2.75) is 57.5 Å². The summed E-state index contributed by atoms with van der Waals surface area (Å²) in [5.74, 6) is -0.142. The second kappa shape index (κ2) is 6.70. The van der Waals surface area contributed by atoms with Crippen LogP contribution in [0.2, 0.25) is 0 Å². The Morgan fingerprint density at radius 2 is 2.32 bits per heavy atom. The van der Waals surface area contributed by atoms with Gasteiger partial charge in [-0.2, -0.15) is 5.10 Å². The number of aliphatic hydroxyl groups excluding tert-OH is 1. The van der Waals surface area contributed by atoms with E-state index < -0.39 is 0 Å². The highest BCUT2D eigenvalue weighted by Gasteiger charge is 2.20. The normalized spacial score (nSPS) is 17.6. The molecule has 5 heteroatoms. The molecule has 0 spiro atoms. The summed E-state index contributed by atoms with van der Waals surface area (Å²) in [6.07, 6.45) is 8.12. The van der Waals surface area contributed by atoms with E-state index in [1.54, 1.807) is 6.07 Å². The van der Waals surface area contributed by atoms with Crippen molar-refractivity contribution in [3.8, 4) is 0 Å². The van der Waals surface area contributed by atoms with Gasteiger partial charge in [0, 0.05) is 18.8 Å². The highest BCUT2D eigenvalue weighted by atomic mass is 16.3. The van der Waals surface area contributed by atoms with E-state index >= 15 is 0 Å². The number of aromatic nitrogens is 2. The van der Waals surface area contributed by atoms with E-state index in [4.69, 9.17) is 5.11 Å². The van der Waals surface area contributed by atoms with E-state index in [0.29, 0.717) is 18.2 Å². The zero-order valence-corrected chi connectivity index (χ0v) is 11.5. The number of hydrogen-bond donors (Lipinski definition) is 2. The Morgan fingerprint density at radius 1 is 1.58 bits per heavy atom. The number of nitrogens with one attached hydrogen (secondary N) is 1. The van der Waals surface area contributed by atoms with Crippen LogP contribution < -0.4 is 5.32 Å². The lowest BCUT2D eigenvalue weighted by molar-refractivity contribution is 0.0923. The van der Waals surface area contributed by atoms with Crippen LogP contribution in [0.1, 0.15) is 62.0 Å². The summed E-state index contributed by atoms with van der Waals surface area (Å²) in [6, 6.07) is 2.26. The highest BCUT2D eigenvalue weighted by Crippen LogP contribution is 2.28. The molecule has 0 bridgehead atoms. The predicted octanol–water partition coefficient (Wildman–Crippen LogP) is 1.89. The van der Waals surface area contributed by atoms with E-state index in [2.05, 4.69) is 10.4 Å². The molecule has 0 aliphatic heterocycles. The Bertz CT molecular complexity index is 411. The fourth-order valence-corrected chi connectivity index (χ4v) is 2.62. The van der Waals surface area contributed by atoms with Gasteiger partial charge in [-0.3, -0.25) is 9.48 Å². The molecule has 1 aromatic rings. The Kier molecular flexibility index (Phi) is 4.96. The fourth-order valence-electron chi connectivity index (χ4n) is 2.62. The van der Waals surface area contributed by atoms with Crippen molar-refractivity contribution in [1.29, 1.82) is 0 Å². The molecule has 19 heavy (non-hydrogen) atoms. The number of rotatable bonds is 6. The topological polar surface area (TPSA) is 67.2 Å². The number of carbonyl (C=O) groups is 1. The molecule has 1 atom stereocenters. The standard InChI is InChI=1S/C14H23N3O2/c1-2-11(8-10-18)15-14(19)13-7-9-17(16-13)12-5-3-4-6-12/h7,9,11-12,18H,2-6,8,10H2,1H3,(H,15,19). The molecule has 1 fully saturated rings. The quantitative estimate of drug-likeness (QED) is 0.825. The van der Waals surface area contributed by atoms with Crippen LogP contribution in [0.25, 0.3) is 0 Å². The van der Waals surface area contributed by atoms with Gasteiger partial charge in [-0.25, -0.2) is 0 Å². The summed E-state index contributed by atoms with van der Waals surface area (Å²) in [4.78, 5) is 12.0. The van der Waals surface area contributed by atoms with Gasteiger partial charge in [0.2, 0.25) is 0 Å². The first kappa shape index (κ1) is 14.1. The Labute approximate surface area is 114 Å². The average Bonchev–Trinajstić information content (AvgIpc) is 3.08. The zero-order valence-electron chi connectivity index (χ0n) is 11.5. The maximum Gasteiger partial charge on any atom is 0.271 e. The van der Waals surface area contributed by atoms with E-state index in [9.17, 15) is 4.79 Å². The number of hydrogen-bond acceptors (Lipinski definition) is 3. The molecule has 1 aromatic heterocycles. The lowest BCUT2D eigenvalue weighted by Crippen LogP contribution is -2.35. The molecule has 0 aromatic carbocycles. The van der Waals surface area contributed by atoms with Crippen molar-refractivity contribution < 1.29 is 9.90 Å². The number of nitrogens with zero attached hydrogens (tertiary/aromatic N) is 2. The third-order valence-electron chi connectivity index (χ3n) is 3.85. The summed E-state index contributed by atoms with van der Waals surface area (Å²) < 4.78 is 1.93. The van der Waals surface area contributed by atoms with Crippen LogP contribution in [-0.2, 0) is 0 Å². The first-order valence-electron chi connectivity index (χ1n) is 7.21. The fraction of sp³-hybridized carbons (Fsp3) is 0.714. The average molecular weight is 265 g/mol. The Balaban J connectivity index is 1.95. The second-order valence-electron chi connectivity index (χ2n) is 5.21. The third kappa shape index (κ3) is 3.56. The van der Waals surface area contributed by atoms with Gasteiger partial charge < -0.3 is 10.4 Å². The van der Waals surface area contributed by atoms with Gasteiger partial charge in [0.25, 0.3) is 5.91 Å². The molecule has 1 saturated carbocycles. The van der Waals surface area contributed by atoms with Gasteiger partial charge in [-0.1, -0.05) is 19.8 Å². The van der Waals surface area contributed by atoms with Crippen LogP contribution in [-0.4, -0.2) is 33.4 Å². The Hall–Kier alpha value is -1.36. The van der Waals surface area contributed by atoms with Crippen molar-refractivity contribution in [3.63, 3.8) is 0 Å². The monoisotopic (exact) mass is 265 g/mol. The van der Waals surface area contributed by atoms with Crippen molar-refractivity contribution in [1.82, 2.24) is 15.1 Å². The van der Waals surface area contributed by atoms with Crippen LogP contribution in [0, 0.1) is 0 Å². The van der Waals surface area contributed by atoms with Gasteiger partial charge in [-0.15, -0.1) is 0 Å². The van der Waals surface area contributed by atoms with Gasteiger partial charge >= 0.3 is 0 Å². The molecule has 2 rings (SSSR count). The number of aliphatic hydroxyl groups is 1. The predicted molar refractivity (Wildman–Crippen MR) is 73.0 cm³/mol. The molecule has 1 heterocycles. The smallest absolute Gasteiger partial charge is 0.271 e. The van der Waals surface area contributed by atoms with Crippen molar-refractivity contribution >= 4 is 5.91 Å². The van der Waals surface area contributed by atoms with Crippen LogP contribution >= 0.6 is 0 Å². The molecule has 0 radical (unpaired) electrons. The van der Waals surface area contributed by atoms with Gasteiger partial charge in [0.1, 0.15) is 5.69 Å². The summed E-state index contributed by atoms with van der Waals surface area (Å²) in [6.45, 7) is 2.09. The lowest BCUT2D eigenvalue weighted by Gasteiger charge is -2.14. The SMILES string of the molecule is CCC(CCO)NC(=O)c1ccn(C2CCCC2)n1. The Morgan fingerprint density at radius 3 is 2.95 bits per heavy atom. The second-order valence-corrected chi connectivity index (χ2v) is 5.21. The molecule has 2 N–H and O–H groups in total. The van der Waals surface area contributed by atoms with E-state index in [-0.39, 0.29) is 18.6 Å². The molecular formula is C14H23N3O2. The molecule has 1 amide bonds. The van der Waals surface area contributed by atoms with Gasteiger partial charge in [0.15, 0.2) is 0 Å². The molecule has 106 valence electrons. The molecular weight excluding hydrogens is 242 g/mol. The molecule has 0 saturated heterocycles. The van der Waals surface area contributed by atoms with Crippen molar-refractivity contribution in [2.24, 2.45) is 0 Å². The van der Waals surface area contributed by atoms with Crippen LogP contribution in [0.5, 0.6) is 0 Å². The zero-order chi connectivity index (χ0) is 13.7. The summed E-state index contributed by atoms with van der Waals surface area (Å²) >= 11 is 0.